The average molecular weight is 444 g/mol. The number of ketones is 2. The van der Waals surface area contributed by atoms with Crippen LogP contribution in [0, 0.1) is 0 Å². The highest BCUT2D eigenvalue weighted by molar-refractivity contribution is 7.99. The van der Waals surface area contributed by atoms with Gasteiger partial charge in [0.1, 0.15) is 0 Å². The summed E-state index contributed by atoms with van der Waals surface area (Å²) in [6, 6.07) is 22.9. The third-order valence-electron chi connectivity index (χ3n) is 5.44. The number of carbonyl (C=O) groups excluding carboxylic acids is 2. The topological polar surface area (TPSA) is 39.1 Å². The highest BCUT2D eigenvalue weighted by Gasteiger charge is 2.32. The van der Waals surface area contributed by atoms with Crippen molar-refractivity contribution < 1.29 is 9.59 Å². The van der Waals surface area contributed by atoms with E-state index in [1.165, 1.54) is 4.90 Å². The lowest BCUT2D eigenvalue weighted by Crippen LogP contribution is -2.00. The first-order valence-electron chi connectivity index (χ1n) is 9.98. The van der Waals surface area contributed by atoms with E-state index in [1.807, 2.05) is 48.7 Å². The summed E-state index contributed by atoms with van der Waals surface area (Å²) in [5.74, 6) is 0.492. The van der Waals surface area contributed by atoms with E-state index in [0.29, 0.717) is 11.1 Å². The van der Waals surface area contributed by atoms with E-state index in [2.05, 4.69) is 10.6 Å². The van der Waals surface area contributed by atoms with Gasteiger partial charge in [-0.25, -0.2) is 0 Å². The van der Waals surface area contributed by atoms with Crippen molar-refractivity contribution in [3.63, 3.8) is 0 Å². The minimum atomic E-state index is -0.198. The monoisotopic (exact) mass is 443 g/mol. The molecule has 0 saturated heterocycles. The van der Waals surface area contributed by atoms with Gasteiger partial charge in [-0.15, -0.1) is 11.8 Å². The second kappa shape index (κ2) is 8.22. The Morgan fingerprint density at radius 1 is 0.839 bits per heavy atom. The summed E-state index contributed by atoms with van der Waals surface area (Å²) in [4.78, 5) is 26.8. The third-order valence-corrected chi connectivity index (χ3v) is 6.68. The molecule has 0 unspecified atom stereocenters. The van der Waals surface area contributed by atoms with Crippen LogP contribution in [0.25, 0.3) is 17.0 Å². The van der Waals surface area contributed by atoms with E-state index >= 15 is 0 Å². The number of carbonyl (C=O) groups is 2. The van der Waals surface area contributed by atoms with Gasteiger partial charge in [0.2, 0.25) is 0 Å². The van der Waals surface area contributed by atoms with E-state index in [-0.39, 0.29) is 17.1 Å². The molecule has 0 spiro atoms. The zero-order chi connectivity index (χ0) is 21.4. The fourth-order valence-corrected chi connectivity index (χ4v) is 4.91. The number of hydrogen-bond acceptors (Lipinski definition) is 3. The highest BCUT2D eigenvalue weighted by atomic mass is 35.5. The second-order valence-electron chi connectivity index (χ2n) is 7.36. The summed E-state index contributed by atoms with van der Waals surface area (Å²) in [7, 11) is 0. The zero-order valence-electron chi connectivity index (χ0n) is 16.5. The van der Waals surface area contributed by atoms with Crippen LogP contribution in [0.5, 0.6) is 0 Å². The van der Waals surface area contributed by atoms with Crippen molar-refractivity contribution >= 4 is 51.9 Å². The SMILES string of the molecule is O=C1C(=Cc2cn(CCSc3ccc(Cl)cc3)c3ccccc23)C(=O)c2ccccc21. The number of aryl methyl sites for hydroxylation is 1. The molecule has 4 aromatic rings. The number of aromatic nitrogens is 1. The summed E-state index contributed by atoms with van der Waals surface area (Å²) in [5, 5.41) is 1.76. The van der Waals surface area contributed by atoms with E-state index in [1.54, 1.807) is 42.1 Å². The summed E-state index contributed by atoms with van der Waals surface area (Å²) in [6.45, 7) is 0.805. The zero-order valence-corrected chi connectivity index (χ0v) is 18.1. The van der Waals surface area contributed by atoms with Crippen LogP contribution in [0.2, 0.25) is 5.02 Å². The molecule has 3 aromatic carbocycles. The molecule has 0 aliphatic heterocycles. The van der Waals surface area contributed by atoms with Crippen molar-refractivity contribution in [1.82, 2.24) is 4.57 Å². The molecule has 0 bridgehead atoms. The van der Waals surface area contributed by atoms with Crippen molar-refractivity contribution in [2.75, 3.05) is 5.75 Å². The first kappa shape index (κ1) is 19.9. The van der Waals surface area contributed by atoms with Gasteiger partial charge in [-0.2, -0.15) is 0 Å². The van der Waals surface area contributed by atoms with Gasteiger partial charge in [0.15, 0.2) is 11.6 Å². The number of para-hydroxylation sites is 1. The molecule has 1 aromatic heterocycles. The van der Waals surface area contributed by atoms with Gasteiger partial charge in [0, 0.05) is 56.0 Å². The standard InChI is InChI=1S/C26H18ClNO2S/c27-18-9-11-19(12-10-18)31-14-13-28-16-17(20-5-3-4-8-24(20)28)15-23-25(29)21-6-1-2-7-22(21)26(23)30/h1-12,15-16H,13-14H2. The molecule has 0 radical (unpaired) electrons. The van der Waals surface area contributed by atoms with Crippen molar-refractivity contribution in [2.24, 2.45) is 0 Å². The molecule has 1 heterocycles. The maximum atomic E-state index is 12.8. The Hall–Kier alpha value is -3.08. The van der Waals surface area contributed by atoms with E-state index in [9.17, 15) is 9.59 Å². The predicted octanol–water partition coefficient (Wildman–Crippen LogP) is 6.55. The molecule has 31 heavy (non-hydrogen) atoms. The Bertz CT molecular complexity index is 1310. The Labute approximate surface area is 189 Å². The van der Waals surface area contributed by atoms with Gasteiger partial charge in [-0.05, 0) is 36.4 Å². The van der Waals surface area contributed by atoms with Crippen molar-refractivity contribution in [3.05, 3.63) is 106 Å². The Balaban J connectivity index is 1.44. The van der Waals surface area contributed by atoms with E-state index in [0.717, 1.165) is 33.8 Å². The maximum Gasteiger partial charge on any atom is 0.197 e. The van der Waals surface area contributed by atoms with Crippen molar-refractivity contribution in [3.8, 4) is 0 Å². The van der Waals surface area contributed by atoms with Crippen molar-refractivity contribution in [2.45, 2.75) is 11.4 Å². The highest BCUT2D eigenvalue weighted by Crippen LogP contribution is 2.31. The molecular weight excluding hydrogens is 426 g/mol. The summed E-state index contributed by atoms with van der Waals surface area (Å²) >= 11 is 7.73. The molecule has 5 rings (SSSR count). The maximum absolute atomic E-state index is 12.8. The van der Waals surface area contributed by atoms with Crippen LogP contribution in [0.1, 0.15) is 26.3 Å². The van der Waals surface area contributed by atoms with E-state index in [4.69, 9.17) is 11.6 Å². The molecule has 0 saturated carbocycles. The van der Waals surface area contributed by atoms with Crippen LogP contribution in [0.4, 0.5) is 0 Å². The molecule has 152 valence electrons. The van der Waals surface area contributed by atoms with Gasteiger partial charge >= 0.3 is 0 Å². The summed E-state index contributed by atoms with van der Waals surface area (Å²) < 4.78 is 2.18. The summed E-state index contributed by atoms with van der Waals surface area (Å²) in [5.41, 5.74) is 3.18. The van der Waals surface area contributed by atoms with Crippen LogP contribution < -0.4 is 0 Å². The van der Waals surface area contributed by atoms with Gasteiger partial charge in [-0.1, -0.05) is 54.1 Å². The smallest absolute Gasteiger partial charge is 0.197 e. The molecule has 0 fully saturated rings. The molecule has 0 atom stereocenters. The normalized spacial score (nSPS) is 13.1. The number of fused-ring (bicyclic) bond motifs is 2. The van der Waals surface area contributed by atoms with Crippen LogP contribution in [-0.2, 0) is 6.54 Å². The number of nitrogens with zero attached hydrogens (tertiary/aromatic N) is 1. The number of allylic oxidation sites excluding steroid dienone is 1. The Kier molecular flexibility index (Phi) is 5.26. The fraction of sp³-hybridized carbons (Fsp3) is 0.0769. The van der Waals surface area contributed by atoms with Crippen LogP contribution in [0.15, 0.2) is 89.5 Å². The lowest BCUT2D eigenvalue weighted by Gasteiger charge is -2.05. The number of thioether (sulfide) groups is 1. The average Bonchev–Trinajstić information content (AvgIpc) is 3.26. The Morgan fingerprint density at radius 3 is 2.19 bits per heavy atom. The number of benzene rings is 3. The minimum Gasteiger partial charge on any atom is -0.346 e. The van der Waals surface area contributed by atoms with Crippen LogP contribution >= 0.6 is 23.4 Å². The molecular formula is C26H18ClNO2S. The Morgan fingerprint density at radius 2 is 1.48 bits per heavy atom. The largest absolute Gasteiger partial charge is 0.346 e. The van der Waals surface area contributed by atoms with Crippen LogP contribution in [0.3, 0.4) is 0 Å². The first-order valence-corrected chi connectivity index (χ1v) is 11.3. The second-order valence-corrected chi connectivity index (χ2v) is 8.96. The fourth-order valence-electron chi connectivity index (χ4n) is 3.93. The van der Waals surface area contributed by atoms with Gasteiger partial charge in [0.05, 0.1) is 5.57 Å². The molecule has 0 N–H and O–H groups in total. The van der Waals surface area contributed by atoms with Gasteiger partial charge < -0.3 is 4.57 Å². The number of rotatable bonds is 5. The number of Topliss-reactive ketones (excluding diaryl/α,β-unsaturated/α-hetero) is 2. The minimum absolute atomic E-state index is 0.198. The van der Waals surface area contributed by atoms with Gasteiger partial charge in [0.25, 0.3) is 0 Å². The first-order chi connectivity index (χ1) is 15.1. The molecule has 3 nitrogen and oxygen atoms in total. The predicted molar refractivity (Wildman–Crippen MR) is 127 cm³/mol. The lowest BCUT2D eigenvalue weighted by molar-refractivity contribution is 0.0990. The van der Waals surface area contributed by atoms with Crippen molar-refractivity contribution in [1.29, 1.82) is 0 Å². The molecule has 1 aliphatic rings. The number of halogens is 1. The molecule has 5 heteroatoms. The third kappa shape index (κ3) is 3.73. The summed E-state index contributed by atoms with van der Waals surface area (Å²) in [6.07, 6.45) is 3.78. The quantitative estimate of drug-likeness (QED) is 0.199. The van der Waals surface area contributed by atoms with Gasteiger partial charge in [-0.3, -0.25) is 9.59 Å². The number of hydrogen-bond donors (Lipinski definition) is 0. The van der Waals surface area contributed by atoms with Crippen LogP contribution in [-0.4, -0.2) is 21.9 Å². The molecule has 1 aliphatic carbocycles. The molecule has 0 amide bonds. The lowest BCUT2D eigenvalue weighted by atomic mass is 10.1. The van der Waals surface area contributed by atoms with E-state index < -0.39 is 0 Å².